The normalized spacial score (nSPS) is 12.0. The van der Waals surface area contributed by atoms with Gasteiger partial charge in [0.25, 0.3) is 0 Å². The molecule has 0 atom stereocenters. The molecule has 0 fully saturated rings. The fraction of sp³-hybridized carbons (Fsp3) is 0.308. The number of benzene rings is 1. The molecule has 2 aromatic rings. The number of anilines is 1. The zero-order valence-electron chi connectivity index (χ0n) is 11.9. The molecule has 0 aliphatic heterocycles. The molecule has 2 rings (SSSR count). The Kier molecular flexibility index (Phi) is 4.40. The second-order valence-electron chi connectivity index (χ2n) is 4.75. The van der Waals surface area contributed by atoms with Gasteiger partial charge in [-0.15, -0.1) is 0 Å². The molecule has 8 heteroatoms. The molecule has 0 aliphatic rings. The zero-order valence-corrected chi connectivity index (χ0v) is 14.3. The van der Waals surface area contributed by atoms with Gasteiger partial charge in [-0.05, 0) is 48.0 Å². The van der Waals surface area contributed by atoms with Gasteiger partial charge < -0.3 is 10.3 Å². The topological polar surface area (TPSA) is 89.4 Å². The Balaban J connectivity index is 2.35. The van der Waals surface area contributed by atoms with Crippen LogP contribution in [0, 0.1) is 13.8 Å². The molecular formula is C13H16BrN3O3S. The van der Waals surface area contributed by atoms with Gasteiger partial charge in [-0.25, -0.2) is 8.42 Å². The second-order valence-corrected chi connectivity index (χ2v) is 7.62. The highest BCUT2D eigenvalue weighted by Gasteiger charge is 2.25. The van der Waals surface area contributed by atoms with Crippen molar-refractivity contribution in [1.29, 1.82) is 0 Å². The van der Waals surface area contributed by atoms with Crippen LogP contribution in [0.15, 0.2) is 32.1 Å². The summed E-state index contributed by atoms with van der Waals surface area (Å²) in [6.45, 7) is 3.74. The van der Waals surface area contributed by atoms with Crippen LogP contribution in [0.1, 0.15) is 17.0 Å². The zero-order chi connectivity index (χ0) is 15.8. The lowest BCUT2D eigenvalue weighted by molar-refractivity contribution is 0.390. The van der Waals surface area contributed by atoms with E-state index in [1.165, 1.54) is 17.4 Å². The number of halogens is 1. The summed E-state index contributed by atoms with van der Waals surface area (Å²) in [5.41, 5.74) is 7.59. The highest BCUT2D eigenvalue weighted by atomic mass is 79.9. The number of hydrogen-bond donors (Lipinski definition) is 1. The molecule has 0 amide bonds. The van der Waals surface area contributed by atoms with Gasteiger partial charge in [-0.2, -0.15) is 4.31 Å². The fourth-order valence-corrected chi connectivity index (χ4v) is 4.12. The molecule has 0 aliphatic carbocycles. The second kappa shape index (κ2) is 5.78. The number of hydrogen-bond acceptors (Lipinski definition) is 5. The van der Waals surface area contributed by atoms with Crippen LogP contribution in [0.3, 0.4) is 0 Å². The average molecular weight is 374 g/mol. The Bertz CT molecular complexity index is 751. The first kappa shape index (κ1) is 16.0. The van der Waals surface area contributed by atoms with E-state index in [1.54, 1.807) is 26.0 Å². The van der Waals surface area contributed by atoms with E-state index in [0.29, 0.717) is 21.6 Å². The molecule has 1 aromatic carbocycles. The summed E-state index contributed by atoms with van der Waals surface area (Å²) in [5.74, 6) is 0.617. The Labute approximate surface area is 132 Å². The van der Waals surface area contributed by atoms with E-state index in [2.05, 4.69) is 21.1 Å². The molecule has 1 heterocycles. The molecule has 6 nitrogen and oxygen atoms in total. The Morgan fingerprint density at radius 2 is 2.05 bits per heavy atom. The third-order valence-corrected chi connectivity index (χ3v) is 5.99. The predicted molar refractivity (Wildman–Crippen MR) is 83.2 cm³/mol. The SMILES string of the molecule is Cc1noc(C)c1CN(C)S(=O)(=O)c1ccc(N)cc1Br. The fourth-order valence-electron chi connectivity index (χ4n) is 1.93. The van der Waals surface area contributed by atoms with Crippen LogP contribution in [0.5, 0.6) is 0 Å². The van der Waals surface area contributed by atoms with E-state index in [0.717, 1.165) is 5.56 Å². The molecule has 114 valence electrons. The van der Waals surface area contributed by atoms with Gasteiger partial charge in [0.05, 0.1) is 10.6 Å². The number of sulfonamides is 1. The molecular weight excluding hydrogens is 358 g/mol. The van der Waals surface area contributed by atoms with Crippen molar-refractivity contribution >= 4 is 31.6 Å². The molecule has 1 aromatic heterocycles. The van der Waals surface area contributed by atoms with Crippen molar-refractivity contribution in [2.75, 3.05) is 12.8 Å². The third kappa shape index (κ3) is 3.12. The Hall–Kier alpha value is -1.38. The lowest BCUT2D eigenvalue weighted by Gasteiger charge is -2.18. The molecule has 0 spiro atoms. The first-order valence-electron chi connectivity index (χ1n) is 6.16. The van der Waals surface area contributed by atoms with E-state index < -0.39 is 10.0 Å². The molecule has 2 N–H and O–H groups in total. The summed E-state index contributed by atoms with van der Waals surface area (Å²) in [6.07, 6.45) is 0. The summed E-state index contributed by atoms with van der Waals surface area (Å²) in [5, 5.41) is 3.83. The lowest BCUT2D eigenvalue weighted by Crippen LogP contribution is -2.27. The predicted octanol–water partition coefficient (Wildman–Crippen LogP) is 2.46. The number of nitrogens with zero attached hydrogens (tertiary/aromatic N) is 2. The van der Waals surface area contributed by atoms with Crippen molar-refractivity contribution in [2.45, 2.75) is 25.3 Å². The molecule has 0 unspecified atom stereocenters. The standard InChI is InChI=1S/C13H16BrN3O3S/c1-8-11(9(2)20-16-8)7-17(3)21(18,19)13-5-4-10(15)6-12(13)14/h4-6H,7,15H2,1-3H3. The average Bonchev–Trinajstić information content (AvgIpc) is 2.70. The van der Waals surface area contributed by atoms with Gasteiger partial charge in [0.15, 0.2) is 0 Å². The smallest absolute Gasteiger partial charge is 0.244 e. The number of nitrogen functional groups attached to an aromatic ring is 1. The summed E-state index contributed by atoms with van der Waals surface area (Å²) in [7, 11) is -2.12. The van der Waals surface area contributed by atoms with Crippen molar-refractivity contribution in [3.63, 3.8) is 0 Å². The maximum absolute atomic E-state index is 12.6. The summed E-state index contributed by atoms with van der Waals surface area (Å²) < 4.78 is 32.0. The number of aryl methyl sites for hydroxylation is 2. The van der Waals surface area contributed by atoms with Crippen LogP contribution >= 0.6 is 15.9 Å². The maximum atomic E-state index is 12.6. The first-order valence-corrected chi connectivity index (χ1v) is 8.40. The molecule has 0 saturated heterocycles. The first-order chi connectivity index (χ1) is 9.73. The van der Waals surface area contributed by atoms with Gasteiger partial charge in [-0.1, -0.05) is 5.16 Å². The molecule has 0 saturated carbocycles. The van der Waals surface area contributed by atoms with Crippen LogP contribution in [0.4, 0.5) is 5.69 Å². The van der Waals surface area contributed by atoms with E-state index in [4.69, 9.17) is 10.3 Å². The van der Waals surface area contributed by atoms with Crippen LogP contribution in [0.25, 0.3) is 0 Å². The van der Waals surface area contributed by atoms with E-state index >= 15 is 0 Å². The van der Waals surface area contributed by atoms with E-state index in [-0.39, 0.29) is 11.4 Å². The summed E-state index contributed by atoms with van der Waals surface area (Å²) >= 11 is 3.24. The van der Waals surface area contributed by atoms with Crippen molar-refractivity contribution in [1.82, 2.24) is 9.46 Å². The maximum Gasteiger partial charge on any atom is 0.244 e. The van der Waals surface area contributed by atoms with Gasteiger partial charge >= 0.3 is 0 Å². The minimum absolute atomic E-state index is 0.172. The monoisotopic (exact) mass is 373 g/mol. The minimum Gasteiger partial charge on any atom is -0.399 e. The van der Waals surface area contributed by atoms with Gasteiger partial charge in [0, 0.05) is 29.3 Å². The largest absolute Gasteiger partial charge is 0.399 e. The van der Waals surface area contributed by atoms with Gasteiger partial charge in [0.1, 0.15) is 5.76 Å². The number of aromatic nitrogens is 1. The highest BCUT2D eigenvalue weighted by Crippen LogP contribution is 2.27. The Morgan fingerprint density at radius 1 is 1.38 bits per heavy atom. The minimum atomic E-state index is -3.63. The van der Waals surface area contributed by atoms with Crippen LogP contribution < -0.4 is 5.73 Å². The highest BCUT2D eigenvalue weighted by molar-refractivity contribution is 9.10. The van der Waals surface area contributed by atoms with Crippen molar-refractivity contribution in [3.8, 4) is 0 Å². The van der Waals surface area contributed by atoms with Gasteiger partial charge in [0.2, 0.25) is 10.0 Å². The van der Waals surface area contributed by atoms with Crippen LogP contribution in [0.2, 0.25) is 0 Å². The van der Waals surface area contributed by atoms with Crippen molar-refractivity contribution < 1.29 is 12.9 Å². The van der Waals surface area contributed by atoms with E-state index in [9.17, 15) is 8.42 Å². The molecule has 21 heavy (non-hydrogen) atoms. The molecule has 0 radical (unpaired) electrons. The summed E-state index contributed by atoms with van der Waals surface area (Å²) in [6, 6.07) is 4.61. The van der Waals surface area contributed by atoms with E-state index in [1.807, 2.05) is 0 Å². The quantitative estimate of drug-likeness (QED) is 0.831. The van der Waals surface area contributed by atoms with Crippen molar-refractivity contribution in [3.05, 3.63) is 39.7 Å². The van der Waals surface area contributed by atoms with Crippen molar-refractivity contribution in [2.24, 2.45) is 0 Å². The van der Waals surface area contributed by atoms with Gasteiger partial charge in [-0.3, -0.25) is 0 Å². The third-order valence-electron chi connectivity index (χ3n) is 3.21. The Morgan fingerprint density at radius 3 is 2.57 bits per heavy atom. The number of rotatable bonds is 4. The van der Waals surface area contributed by atoms with Crippen LogP contribution in [-0.2, 0) is 16.6 Å². The number of nitrogens with two attached hydrogens (primary N) is 1. The summed E-state index contributed by atoms with van der Waals surface area (Å²) in [4.78, 5) is 0.172. The lowest BCUT2D eigenvalue weighted by atomic mass is 10.2. The molecule has 0 bridgehead atoms. The van der Waals surface area contributed by atoms with Crippen LogP contribution in [-0.4, -0.2) is 24.9 Å².